The van der Waals surface area contributed by atoms with Crippen molar-refractivity contribution in [2.75, 3.05) is 0 Å². The van der Waals surface area contributed by atoms with Gasteiger partial charge in [-0.15, -0.1) is 0 Å². The Morgan fingerprint density at radius 2 is 1.71 bits per heavy atom. The van der Waals surface area contributed by atoms with E-state index in [1.807, 2.05) is 0 Å². The highest BCUT2D eigenvalue weighted by Crippen LogP contribution is 2.20. The van der Waals surface area contributed by atoms with E-state index in [0.29, 0.717) is 0 Å². The van der Waals surface area contributed by atoms with Crippen LogP contribution in [0, 0.1) is 11.6 Å². The number of rotatable bonds is 6. The van der Waals surface area contributed by atoms with Gasteiger partial charge in [0.1, 0.15) is 23.0 Å². The first-order valence-electron chi connectivity index (χ1n) is 8.21. The van der Waals surface area contributed by atoms with Crippen LogP contribution in [0.5, 0.6) is 0 Å². The molecule has 1 atom stereocenters. The predicted molar refractivity (Wildman–Crippen MR) is 95.2 cm³/mol. The number of carbonyl (C=O) groups is 2. The Morgan fingerprint density at radius 3 is 2.36 bits per heavy atom. The summed E-state index contributed by atoms with van der Waals surface area (Å²) >= 11 is 0. The minimum Gasteiger partial charge on any atom is -0.481 e. The number of nitrogens with one attached hydrogen (secondary N) is 2. The quantitative estimate of drug-likeness (QED) is 0.604. The number of aromatic amines is 1. The van der Waals surface area contributed by atoms with Crippen molar-refractivity contribution in [2.45, 2.75) is 12.5 Å². The van der Waals surface area contributed by atoms with Gasteiger partial charge in [-0.25, -0.2) is 13.5 Å². The third-order valence-corrected chi connectivity index (χ3v) is 4.02. The van der Waals surface area contributed by atoms with E-state index in [2.05, 4.69) is 10.4 Å². The molecule has 1 aromatic heterocycles. The maximum Gasteiger partial charge on any atom is 0.305 e. The van der Waals surface area contributed by atoms with Crippen molar-refractivity contribution in [1.82, 2.24) is 15.1 Å². The van der Waals surface area contributed by atoms with Gasteiger partial charge in [0.25, 0.3) is 11.5 Å². The molecule has 0 unspecified atom stereocenters. The maximum atomic E-state index is 14.0. The molecule has 7 nitrogen and oxygen atoms in total. The molecule has 1 heterocycles. The number of carbonyl (C=O) groups excluding carboxylic acids is 1. The molecule has 0 fully saturated rings. The fourth-order valence-electron chi connectivity index (χ4n) is 2.73. The summed E-state index contributed by atoms with van der Waals surface area (Å²) in [6, 6.07) is 10.7. The standard InChI is InChI=1S/C19H15F2N3O4/c20-12-6-2-1-5-11(12)14(10-18(26)27)22-19(28)15-9-17(25)24(23-15)16-8-4-3-7-13(16)21/h1-9,14,23H,10H2,(H,22,28)(H,26,27)/t14-/m0/s1. The van der Waals surface area contributed by atoms with Gasteiger partial charge < -0.3 is 10.4 Å². The molecule has 3 N–H and O–H groups in total. The summed E-state index contributed by atoms with van der Waals surface area (Å²) in [5.41, 5.74) is -0.993. The third-order valence-electron chi connectivity index (χ3n) is 4.02. The molecule has 0 aliphatic rings. The number of carboxylic acids is 1. The number of aromatic nitrogens is 2. The number of hydrogen-bond donors (Lipinski definition) is 3. The lowest BCUT2D eigenvalue weighted by Gasteiger charge is -2.17. The van der Waals surface area contributed by atoms with Crippen molar-refractivity contribution in [1.29, 1.82) is 0 Å². The summed E-state index contributed by atoms with van der Waals surface area (Å²) < 4.78 is 28.8. The average molecular weight is 387 g/mol. The van der Waals surface area contributed by atoms with E-state index in [1.54, 1.807) is 0 Å². The number of hydrogen-bond acceptors (Lipinski definition) is 3. The number of nitrogens with zero attached hydrogens (tertiary/aromatic N) is 1. The van der Waals surface area contributed by atoms with Gasteiger partial charge in [-0.2, -0.15) is 0 Å². The van der Waals surface area contributed by atoms with Crippen molar-refractivity contribution >= 4 is 11.9 Å². The Hall–Kier alpha value is -3.75. The Labute approximate surface area is 157 Å². The molecular formula is C19H15F2N3O4. The van der Waals surface area contributed by atoms with Gasteiger partial charge in [0.05, 0.1) is 12.5 Å². The van der Waals surface area contributed by atoms with Gasteiger partial charge in [0, 0.05) is 11.6 Å². The second-order valence-electron chi connectivity index (χ2n) is 5.94. The van der Waals surface area contributed by atoms with Crippen LogP contribution in [-0.2, 0) is 4.79 Å². The Kier molecular flexibility index (Phi) is 5.35. The summed E-state index contributed by atoms with van der Waals surface area (Å²) in [4.78, 5) is 35.7. The van der Waals surface area contributed by atoms with Crippen LogP contribution in [0.2, 0.25) is 0 Å². The number of para-hydroxylation sites is 1. The van der Waals surface area contributed by atoms with Crippen LogP contribution in [0.1, 0.15) is 28.5 Å². The molecule has 0 saturated carbocycles. The highest BCUT2D eigenvalue weighted by atomic mass is 19.1. The van der Waals surface area contributed by atoms with Crippen LogP contribution >= 0.6 is 0 Å². The normalized spacial score (nSPS) is 11.8. The second-order valence-corrected chi connectivity index (χ2v) is 5.94. The van der Waals surface area contributed by atoms with Crippen molar-refractivity contribution in [3.8, 4) is 5.69 Å². The zero-order chi connectivity index (χ0) is 20.3. The molecule has 3 aromatic rings. The van der Waals surface area contributed by atoms with Crippen LogP contribution in [0.4, 0.5) is 8.78 Å². The van der Waals surface area contributed by atoms with E-state index in [9.17, 15) is 23.2 Å². The smallest absolute Gasteiger partial charge is 0.305 e. The van der Waals surface area contributed by atoms with Crippen molar-refractivity contribution in [3.05, 3.63) is 87.8 Å². The summed E-state index contributed by atoms with van der Waals surface area (Å²) in [5, 5.41) is 13.9. The Balaban J connectivity index is 1.90. The van der Waals surface area contributed by atoms with E-state index in [0.717, 1.165) is 22.9 Å². The SMILES string of the molecule is O=C(O)C[C@H](NC(=O)c1cc(=O)n(-c2ccccc2F)[nH]1)c1ccccc1F. The molecule has 0 bridgehead atoms. The molecule has 0 radical (unpaired) electrons. The topological polar surface area (TPSA) is 104 Å². The van der Waals surface area contributed by atoms with Crippen molar-refractivity contribution < 1.29 is 23.5 Å². The van der Waals surface area contributed by atoms with Crippen LogP contribution in [0.15, 0.2) is 59.4 Å². The van der Waals surface area contributed by atoms with E-state index < -0.39 is 41.5 Å². The summed E-state index contributed by atoms with van der Waals surface area (Å²) in [5.74, 6) is -3.42. The molecule has 0 aliphatic carbocycles. The summed E-state index contributed by atoms with van der Waals surface area (Å²) in [6.07, 6.45) is -0.565. The van der Waals surface area contributed by atoms with Crippen LogP contribution in [0.25, 0.3) is 5.69 Å². The zero-order valence-electron chi connectivity index (χ0n) is 14.4. The van der Waals surface area contributed by atoms with E-state index in [-0.39, 0.29) is 16.9 Å². The average Bonchev–Trinajstić information content (AvgIpc) is 3.03. The van der Waals surface area contributed by atoms with Gasteiger partial charge in [-0.1, -0.05) is 30.3 Å². The van der Waals surface area contributed by atoms with Crippen LogP contribution in [0.3, 0.4) is 0 Å². The number of halogens is 2. The van der Waals surface area contributed by atoms with E-state index in [1.165, 1.54) is 36.4 Å². The Morgan fingerprint density at radius 1 is 1.07 bits per heavy atom. The van der Waals surface area contributed by atoms with Gasteiger partial charge in [0.15, 0.2) is 0 Å². The molecule has 28 heavy (non-hydrogen) atoms. The fraction of sp³-hybridized carbons (Fsp3) is 0.105. The van der Waals surface area contributed by atoms with Gasteiger partial charge in [-0.05, 0) is 18.2 Å². The minimum absolute atomic E-state index is 0.00543. The largest absolute Gasteiger partial charge is 0.481 e. The lowest BCUT2D eigenvalue weighted by Crippen LogP contribution is -2.31. The molecule has 0 aliphatic heterocycles. The lowest BCUT2D eigenvalue weighted by atomic mass is 10.0. The first kappa shape index (κ1) is 19.0. The first-order chi connectivity index (χ1) is 13.4. The molecular weight excluding hydrogens is 372 g/mol. The van der Waals surface area contributed by atoms with E-state index >= 15 is 0 Å². The highest BCUT2D eigenvalue weighted by molar-refractivity contribution is 5.92. The molecule has 0 saturated heterocycles. The number of benzene rings is 2. The fourth-order valence-corrected chi connectivity index (χ4v) is 2.73. The lowest BCUT2D eigenvalue weighted by molar-refractivity contribution is -0.137. The van der Waals surface area contributed by atoms with Gasteiger partial charge in [0.2, 0.25) is 0 Å². The molecule has 2 aromatic carbocycles. The molecule has 0 spiro atoms. The number of carboxylic acid groups (broad SMARTS) is 1. The molecule has 1 amide bonds. The highest BCUT2D eigenvalue weighted by Gasteiger charge is 2.23. The third kappa shape index (κ3) is 3.98. The first-order valence-corrected chi connectivity index (χ1v) is 8.21. The van der Waals surface area contributed by atoms with Gasteiger partial charge >= 0.3 is 5.97 Å². The second kappa shape index (κ2) is 7.87. The molecule has 9 heteroatoms. The predicted octanol–water partition coefficient (Wildman–Crippen LogP) is 2.39. The molecule has 3 rings (SSSR count). The summed E-state index contributed by atoms with van der Waals surface area (Å²) in [6.45, 7) is 0. The van der Waals surface area contributed by atoms with E-state index in [4.69, 9.17) is 5.11 Å². The van der Waals surface area contributed by atoms with Gasteiger partial charge in [-0.3, -0.25) is 19.5 Å². The molecule has 144 valence electrons. The summed E-state index contributed by atoms with van der Waals surface area (Å²) in [7, 11) is 0. The zero-order valence-corrected chi connectivity index (χ0v) is 14.4. The number of H-pyrrole nitrogens is 1. The van der Waals surface area contributed by atoms with Crippen LogP contribution < -0.4 is 10.9 Å². The number of amides is 1. The monoisotopic (exact) mass is 387 g/mol. The Bertz CT molecular complexity index is 1090. The number of aliphatic carboxylic acids is 1. The van der Waals surface area contributed by atoms with Crippen molar-refractivity contribution in [3.63, 3.8) is 0 Å². The van der Waals surface area contributed by atoms with Crippen LogP contribution in [-0.4, -0.2) is 26.8 Å². The minimum atomic E-state index is -1.24. The maximum absolute atomic E-state index is 14.0. The van der Waals surface area contributed by atoms with Crippen molar-refractivity contribution in [2.24, 2.45) is 0 Å².